The van der Waals surface area contributed by atoms with E-state index in [-0.39, 0.29) is 5.82 Å². The molecular weight excluding hydrogens is 411 g/mol. The zero-order chi connectivity index (χ0) is 21.4. The quantitative estimate of drug-likeness (QED) is 0.394. The fraction of sp³-hybridized carbons (Fsp3) is 0.280. The first kappa shape index (κ1) is 20.0. The van der Waals surface area contributed by atoms with Gasteiger partial charge in [-0.05, 0) is 60.7 Å². The Morgan fingerprint density at radius 3 is 2.68 bits per heavy atom. The fourth-order valence-electron chi connectivity index (χ4n) is 4.34. The Morgan fingerprint density at radius 2 is 1.87 bits per heavy atom. The van der Waals surface area contributed by atoms with Gasteiger partial charge in [0, 0.05) is 38.3 Å². The number of imidazole rings is 1. The third-order valence-electron chi connectivity index (χ3n) is 6.06. The Balaban J connectivity index is 1.50. The largest absolute Gasteiger partial charge is 0.357 e. The molecule has 4 nitrogen and oxygen atoms in total. The third kappa shape index (κ3) is 4.02. The van der Waals surface area contributed by atoms with Gasteiger partial charge in [0.25, 0.3) is 0 Å². The van der Waals surface area contributed by atoms with Crippen molar-refractivity contribution in [3.8, 4) is 11.1 Å². The summed E-state index contributed by atoms with van der Waals surface area (Å²) in [4.78, 5) is 11.7. The number of hydrogen-bond acceptors (Lipinski definition) is 3. The standard InChI is InChI=1S/C25H24ClFN4/c1-30-23-14-18(20-15-24(28-16-21(20)26)31-10-3-2-4-11-31)8-9-22(23)29-25(30)13-17-6-5-7-19(27)12-17/h5-9,12,14-16H,2-4,10-11,13H2,1H3. The highest BCUT2D eigenvalue weighted by Crippen LogP contribution is 2.33. The summed E-state index contributed by atoms with van der Waals surface area (Å²) in [6, 6.07) is 15.0. The van der Waals surface area contributed by atoms with Crippen molar-refractivity contribution in [3.63, 3.8) is 0 Å². The van der Waals surface area contributed by atoms with E-state index in [4.69, 9.17) is 16.6 Å². The second-order valence-electron chi connectivity index (χ2n) is 8.17. The topological polar surface area (TPSA) is 34.0 Å². The average Bonchev–Trinajstić information content (AvgIpc) is 3.09. The molecule has 0 radical (unpaired) electrons. The van der Waals surface area contributed by atoms with Gasteiger partial charge in [0.15, 0.2) is 0 Å². The molecule has 0 unspecified atom stereocenters. The third-order valence-corrected chi connectivity index (χ3v) is 6.36. The number of hydrogen-bond donors (Lipinski definition) is 0. The summed E-state index contributed by atoms with van der Waals surface area (Å²) in [5, 5.41) is 0.641. The molecule has 158 valence electrons. The number of nitrogens with zero attached hydrogens (tertiary/aromatic N) is 4. The molecule has 5 rings (SSSR count). The lowest BCUT2D eigenvalue weighted by Crippen LogP contribution is -2.30. The molecule has 0 amide bonds. The van der Waals surface area contributed by atoms with Crippen LogP contribution < -0.4 is 4.90 Å². The van der Waals surface area contributed by atoms with E-state index in [0.717, 1.165) is 52.5 Å². The van der Waals surface area contributed by atoms with Gasteiger partial charge in [0.05, 0.1) is 16.1 Å². The Labute approximate surface area is 186 Å². The van der Waals surface area contributed by atoms with Crippen molar-refractivity contribution < 1.29 is 4.39 Å². The van der Waals surface area contributed by atoms with E-state index < -0.39 is 0 Å². The van der Waals surface area contributed by atoms with Crippen LogP contribution >= 0.6 is 11.6 Å². The molecule has 2 aromatic carbocycles. The minimum Gasteiger partial charge on any atom is -0.357 e. The minimum absolute atomic E-state index is 0.226. The van der Waals surface area contributed by atoms with Crippen molar-refractivity contribution in [2.45, 2.75) is 25.7 Å². The summed E-state index contributed by atoms with van der Waals surface area (Å²) in [6.45, 7) is 2.08. The molecule has 31 heavy (non-hydrogen) atoms. The maximum absolute atomic E-state index is 13.6. The van der Waals surface area contributed by atoms with Crippen LogP contribution in [0.15, 0.2) is 54.7 Å². The molecule has 0 spiro atoms. The number of halogens is 2. The van der Waals surface area contributed by atoms with Crippen LogP contribution in [0.3, 0.4) is 0 Å². The molecule has 2 aromatic heterocycles. The van der Waals surface area contributed by atoms with Crippen molar-refractivity contribution >= 4 is 28.5 Å². The first-order chi connectivity index (χ1) is 15.1. The van der Waals surface area contributed by atoms with Crippen molar-refractivity contribution in [2.24, 2.45) is 7.05 Å². The number of pyridine rings is 1. The highest BCUT2D eigenvalue weighted by Gasteiger charge is 2.16. The van der Waals surface area contributed by atoms with Gasteiger partial charge in [-0.3, -0.25) is 0 Å². The molecule has 0 saturated carbocycles. The Morgan fingerprint density at radius 1 is 1.03 bits per heavy atom. The van der Waals surface area contributed by atoms with Crippen LogP contribution in [0.5, 0.6) is 0 Å². The van der Waals surface area contributed by atoms with E-state index in [0.29, 0.717) is 11.4 Å². The number of anilines is 1. The molecule has 0 bridgehead atoms. The van der Waals surface area contributed by atoms with E-state index in [9.17, 15) is 4.39 Å². The van der Waals surface area contributed by atoms with Gasteiger partial charge >= 0.3 is 0 Å². The van der Waals surface area contributed by atoms with Crippen LogP contribution in [0, 0.1) is 5.82 Å². The zero-order valence-electron chi connectivity index (χ0n) is 17.5. The lowest BCUT2D eigenvalue weighted by atomic mass is 10.1. The Kier molecular flexibility index (Phi) is 5.36. The first-order valence-corrected chi connectivity index (χ1v) is 11.1. The zero-order valence-corrected chi connectivity index (χ0v) is 18.2. The maximum atomic E-state index is 13.6. The summed E-state index contributed by atoms with van der Waals surface area (Å²) in [5.41, 5.74) is 4.86. The van der Waals surface area contributed by atoms with Crippen LogP contribution in [0.25, 0.3) is 22.2 Å². The molecule has 1 saturated heterocycles. The number of fused-ring (bicyclic) bond motifs is 1. The lowest BCUT2D eigenvalue weighted by Gasteiger charge is -2.28. The van der Waals surface area contributed by atoms with E-state index >= 15 is 0 Å². The molecule has 3 heterocycles. The van der Waals surface area contributed by atoms with Crippen LogP contribution in [0.4, 0.5) is 10.2 Å². The van der Waals surface area contributed by atoms with Crippen molar-refractivity contribution in [3.05, 3.63) is 77.0 Å². The molecule has 0 atom stereocenters. The second kappa shape index (κ2) is 8.31. The minimum atomic E-state index is -0.226. The molecule has 0 N–H and O–H groups in total. The van der Waals surface area contributed by atoms with E-state index in [2.05, 4.69) is 32.7 Å². The predicted molar refractivity (Wildman–Crippen MR) is 124 cm³/mol. The van der Waals surface area contributed by atoms with Crippen LogP contribution in [0.1, 0.15) is 30.7 Å². The highest BCUT2D eigenvalue weighted by molar-refractivity contribution is 6.33. The molecule has 1 fully saturated rings. The fourth-order valence-corrected chi connectivity index (χ4v) is 4.55. The van der Waals surface area contributed by atoms with Crippen molar-refractivity contribution in [1.29, 1.82) is 0 Å². The summed E-state index contributed by atoms with van der Waals surface area (Å²) < 4.78 is 15.6. The summed E-state index contributed by atoms with van der Waals surface area (Å²) >= 11 is 6.55. The normalized spacial score (nSPS) is 14.4. The SMILES string of the molecule is Cn1c(Cc2cccc(F)c2)nc2ccc(-c3cc(N4CCCCC4)ncc3Cl)cc21. The highest BCUT2D eigenvalue weighted by atomic mass is 35.5. The average molecular weight is 435 g/mol. The number of benzene rings is 2. The molecular formula is C25H24ClFN4. The lowest BCUT2D eigenvalue weighted by molar-refractivity contribution is 0.573. The van der Waals surface area contributed by atoms with Gasteiger partial charge in [0.1, 0.15) is 17.5 Å². The first-order valence-electron chi connectivity index (χ1n) is 10.7. The molecule has 1 aliphatic heterocycles. The molecule has 1 aliphatic rings. The van der Waals surface area contributed by atoms with Crippen LogP contribution in [-0.4, -0.2) is 27.6 Å². The van der Waals surface area contributed by atoms with E-state index in [1.165, 1.54) is 25.3 Å². The van der Waals surface area contributed by atoms with Crippen molar-refractivity contribution in [1.82, 2.24) is 14.5 Å². The van der Waals surface area contributed by atoms with Gasteiger partial charge in [-0.15, -0.1) is 0 Å². The smallest absolute Gasteiger partial charge is 0.129 e. The summed E-state index contributed by atoms with van der Waals surface area (Å²) in [7, 11) is 2.00. The van der Waals surface area contributed by atoms with Crippen LogP contribution in [0.2, 0.25) is 5.02 Å². The molecule has 0 aliphatic carbocycles. The number of aromatic nitrogens is 3. The summed E-state index contributed by atoms with van der Waals surface area (Å²) in [6.07, 6.45) is 6.02. The second-order valence-corrected chi connectivity index (χ2v) is 8.57. The van der Waals surface area contributed by atoms with Gasteiger partial charge in [-0.1, -0.05) is 29.8 Å². The number of piperidine rings is 1. The number of rotatable bonds is 4. The molecule has 6 heteroatoms. The number of aryl methyl sites for hydroxylation is 1. The van der Waals surface area contributed by atoms with E-state index in [1.807, 2.05) is 19.2 Å². The van der Waals surface area contributed by atoms with Gasteiger partial charge in [-0.25, -0.2) is 14.4 Å². The predicted octanol–water partition coefficient (Wildman–Crippen LogP) is 6.01. The summed E-state index contributed by atoms with van der Waals surface area (Å²) in [5.74, 6) is 1.65. The van der Waals surface area contributed by atoms with Crippen LogP contribution in [-0.2, 0) is 13.5 Å². The van der Waals surface area contributed by atoms with Gasteiger partial charge in [0.2, 0.25) is 0 Å². The van der Waals surface area contributed by atoms with E-state index in [1.54, 1.807) is 18.3 Å². The van der Waals surface area contributed by atoms with Gasteiger partial charge in [-0.2, -0.15) is 0 Å². The Bertz CT molecular complexity index is 1240. The van der Waals surface area contributed by atoms with Crippen molar-refractivity contribution in [2.75, 3.05) is 18.0 Å². The Hall–Kier alpha value is -2.92. The monoisotopic (exact) mass is 434 g/mol. The maximum Gasteiger partial charge on any atom is 0.129 e. The molecule has 4 aromatic rings. The van der Waals surface area contributed by atoms with Gasteiger partial charge < -0.3 is 9.47 Å².